The molecule has 0 aliphatic rings. The second kappa shape index (κ2) is 5.68. The molecule has 0 aliphatic carbocycles. The maximum absolute atomic E-state index is 12.9. The smallest absolute Gasteiger partial charge is 0.186 e. The zero-order valence-electron chi connectivity index (χ0n) is 10.5. The molecule has 0 saturated carbocycles. The Hall–Kier alpha value is -1.79. The molecule has 0 amide bonds. The predicted octanol–water partition coefficient (Wildman–Crippen LogP) is 2.44. The van der Waals surface area contributed by atoms with Crippen molar-refractivity contribution >= 4 is 9.84 Å². The van der Waals surface area contributed by atoms with Gasteiger partial charge in [-0.2, -0.15) is 0 Å². The summed E-state index contributed by atoms with van der Waals surface area (Å²) in [5.41, 5.74) is 5.95. The van der Waals surface area contributed by atoms with Gasteiger partial charge in [0.2, 0.25) is 0 Å². The highest BCUT2D eigenvalue weighted by molar-refractivity contribution is 7.91. The van der Waals surface area contributed by atoms with E-state index in [0.717, 1.165) is 12.1 Å². The van der Waals surface area contributed by atoms with Crippen LogP contribution in [0.4, 0.5) is 8.78 Å². The topological polar surface area (TPSA) is 60.2 Å². The van der Waals surface area contributed by atoms with Crippen LogP contribution in [0.3, 0.4) is 0 Å². The Labute approximate surface area is 116 Å². The van der Waals surface area contributed by atoms with E-state index in [0.29, 0.717) is 5.56 Å². The number of benzene rings is 2. The van der Waals surface area contributed by atoms with Crippen LogP contribution in [-0.4, -0.2) is 15.0 Å². The summed E-state index contributed by atoms with van der Waals surface area (Å²) in [6, 6.07) is 9.65. The quantitative estimate of drug-likeness (QED) is 0.882. The van der Waals surface area contributed by atoms with Crippen molar-refractivity contribution < 1.29 is 17.2 Å². The van der Waals surface area contributed by atoms with Crippen LogP contribution in [-0.2, 0) is 9.84 Å². The number of hydrogen-bond donors (Lipinski definition) is 1. The van der Waals surface area contributed by atoms with Crippen molar-refractivity contribution in [2.75, 3.05) is 6.54 Å². The Bertz CT molecular complexity index is 682. The Morgan fingerprint density at radius 3 is 1.80 bits per heavy atom. The van der Waals surface area contributed by atoms with Gasteiger partial charge in [-0.25, -0.2) is 17.2 Å². The third-order valence-electron chi connectivity index (χ3n) is 2.97. The van der Waals surface area contributed by atoms with Crippen LogP contribution in [0.1, 0.15) is 10.8 Å². The SMILES string of the molecule is NC[C@H](c1ccc(F)cc1)S(=O)(=O)c1ccc(F)cc1. The van der Waals surface area contributed by atoms with Crippen LogP contribution in [0, 0.1) is 11.6 Å². The van der Waals surface area contributed by atoms with Gasteiger partial charge < -0.3 is 5.73 Å². The summed E-state index contributed by atoms with van der Waals surface area (Å²) in [5.74, 6) is -0.973. The number of nitrogens with two attached hydrogens (primary N) is 1. The minimum Gasteiger partial charge on any atom is -0.329 e. The monoisotopic (exact) mass is 297 g/mol. The fourth-order valence-corrected chi connectivity index (χ4v) is 3.52. The highest BCUT2D eigenvalue weighted by Crippen LogP contribution is 2.28. The van der Waals surface area contributed by atoms with Crippen molar-refractivity contribution in [2.45, 2.75) is 10.1 Å². The van der Waals surface area contributed by atoms with E-state index in [9.17, 15) is 17.2 Å². The molecule has 3 nitrogen and oxygen atoms in total. The Kier molecular flexibility index (Phi) is 4.15. The van der Waals surface area contributed by atoms with Gasteiger partial charge in [-0.15, -0.1) is 0 Å². The first kappa shape index (κ1) is 14.6. The van der Waals surface area contributed by atoms with E-state index in [4.69, 9.17) is 5.73 Å². The fourth-order valence-electron chi connectivity index (χ4n) is 1.91. The molecule has 0 heterocycles. The number of hydrogen-bond acceptors (Lipinski definition) is 3. The third-order valence-corrected chi connectivity index (χ3v) is 5.12. The maximum Gasteiger partial charge on any atom is 0.186 e. The molecule has 2 aromatic carbocycles. The van der Waals surface area contributed by atoms with Gasteiger partial charge in [-0.1, -0.05) is 12.1 Å². The van der Waals surface area contributed by atoms with Gasteiger partial charge in [0.1, 0.15) is 16.9 Å². The molecule has 2 rings (SSSR count). The Morgan fingerprint density at radius 1 is 0.900 bits per heavy atom. The molecule has 2 aromatic rings. The molecule has 6 heteroatoms. The van der Waals surface area contributed by atoms with Crippen LogP contribution in [0.5, 0.6) is 0 Å². The minimum atomic E-state index is -3.75. The van der Waals surface area contributed by atoms with Crippen molar-refractivity contribution in [3.05, 3.63) is 65.7 Å². The first-order valence-electron chi connectivity index (χ1n) is 5.90. The molecule has 20 heavy (non-hydrogen) atoms. The van der Waals surface area contributed by atoms with Crippen LogP contribution in [0.2, 0.25) is 0 Å². The number of sulfone groups is 1. The first-order chi connectivity index (χ1) is 9.45. The second-order valence-electron chi connectivity index (χ2n) is 4.27. The van der Waals surface area contributed by atoms with Gasteiger partial charge in [-0.3, -0.25) is 0 Å². The lowest BCUT2D eigenvalue weighted by atomic mass is 10.1. The lowest BCUT2D eigenvalue weighted by molar-refractivity contribution is 0.580. The lowest BCUT2D eigenvalue weighted by Gasteiger charge is -2.16. The van der Waals surface area contributed by atoms with Crippen molar-refractivity contribution in [1.29, 1.82) is 0 Å². The molecule has 2 N–H and O–H groups in total. The maximum atomic E-state index is 12.9. The first-order valence-corrected chi connectivity index (χ1v) is 7.45. The summed E-state index contributed by atoms with van der Waals surface area (Å²) in [5, 5.41) is -0.992. The number of halogens is 2. The molecule has 106 valence electrons. The molecule has 0 spiro atoms. The lowest BCUT2D eigenvalue weighted by Crippen LogP contribution is -2.22. The van der Waals surface area contributed by atoms with Crippen molar-refractivity contribution in [3.8, 4) is 0 Å². The van der Waals surface area contributed by atoms with Gasteiger partial charge in [0.25, 0.3) is 0 Å². The van der Waals surface area contributed by atoms with Gasteiger partial charge in [0, 0.05) is 6.54 Å². The highest BCUT2D eigenvalue weighted by Gasteiger charge is 2.27. The summed E-state index contributed by atoms with van der Waals surface area (Å²) in [6.07, 6.45) is 0. The van der Waals surface area contributed by atoms with Crippen LogP contribution in [0.25, 0.3) is 0 Å². The van der Waals surface area contributed by atoms with Crippen molar-refractivity contribution in [1.82, 2.24) is 0 Å². The van der Waals surface area contributed by atoms with Crippen LogP contribution < -0.4 is 5.73 Å². The van der Waals surface area contributed by atoms with Gasteiger partial charge >= 0.3 is 0 Å². The van der Waals surface area contributed by atoms with E-state index >= 15 is 0 Å². The zero-order chi connectivity index (χ0) is 14.8. The van der Waals surface area contributed by atoms with Crippen molar-refractivity contribution in [3.63, 3.8) is 0 Å². The van der Waals surface area contributed by atoms with E-state index in [1.54, 1.807) is 0 Å². The van der Waals surface area contributed by atoms with Crippen LogP contribution in [0.15, 0.2) is 53.4 Å². The second-order valence-corrected chi connectivity index (χ2v) is 6.41. The summed E-state index contributed by atoms with van der Waals surface area (Å²) in [6.45, 7) is -0.147. The van der Waals surface area contributed by atoms with Gasteiger partial charge in [0.05, 0.1) is 4.90 Å². The minimum absolute atomic E-state index is 0.0151. The molecular formula is C14H13F2NO2S. The average Bonchev–Trinajstić information content (AvgIpc) is 2.42. The fraction of sp³-hybridized carbons (Fsp3) is 0.143. The van der Waals surface area contributed by atoms with Crippen molar-refractivity contribution in [2.24, 2.45) is 5.73 Å². The molecule has 1 atom stereocenters. The van der Waals surface area contributed by atoms with E-state index in [2.05, 4.69) is 0 Å². The largest absolute Gasteiger partial charge is 0.329 e. The van der Waals surface area contributed by atoms with E-state index in [-0.39, 0.29) is 11.4 Å². The molecule has 0 unspecified atom stereocenters. The normalized spacial score (nSPS) is 13.2. The Morgan fingerprint density at radius 2 is 1.35 bits per heavy atom. The van der Waals surface area contributed by atoms with Gasteiger partial charge in [-0.05, 0) is 42.0 Å². The highest BCUT2D eigenvalue weighted by atomic mass is 32.2. The molecule has 0 radical (unpaired) electrons. The predicted molar refractivity (Wildman–Crippen MR) is 71.8 cm³/mol. The third kappa shape index (κ3) is 2.86. The molecule has 0 aromatic heterocycles. The Balaban J connectivity index is 2.44. The summed E-state index contributed by atoms with van der Waals surface area (Å²) in [7, 11) is -3.75. The summed E-state index contributed by atoms with van der Waals surface area (Å²) >= 11 is 0. The van der Waals surface area contributed by atoms with E-state index in [1.807, 2.05) is 0 Å². The zero-order valence-corrected chi connectivity index (χ0v) is 11.3. The summed E-state index contributed by atoms with van der Waals surface area (Å²) < 4.78 is 50.7. The molecule has 0 saturated heterocycles. The molecule has 0 fully saturated rings. The standard InChI is InChI=1S/C14H13F2NO2S/c15-11-3-1-10(2-4-11)14(9-17)20(18,19)13-7-5-12(16)6-8-13/h1-8,14H,9,17H2/t14-/m1/s1. The van der Waals surface area contributed by atoms with Gasteiger partial charge in [0.15, 0.2) is 9.84 Å². The number of rotatable bonds is 4. The summed E-state index contributed by atoms with van der Waals surface area (Å²) in [4.78, 5) is -0.0151. The molecular weight excluding hydrogens is 284 g/mol. The molecule has 0 aliphatic heterocycles. The van der Waals surface area contributed by atoms with Crippen LogP contribution >= 0.6 is 0 Å². The molecule has 0 bridgehead atoms. The van der Waals surface area contributed by atoms with E-state index < -0.39 is 26.7 Å². The average molecular weight is 297 g/mol. The van der Waals surface area contributed by atoms with E-state index in [1.165, 1.54) is 36.4 Å².